The molecule has 2 amide bonds. The molecule has 4 N–H and O–H groups in total. The maximum absolute atomic E-state index is 12.5. The van der Waals surface area contributed by atoms with Crippen molar-refractivity contribution in [2.75, 3.05) is 10.7 Å². The Morgan fingerprint density at radius 2 is 1.93 bits per heavy atom. The topological polar surface area (TPSA) is 120 Å². The first-order valence-corrected chi connectivity index (χ1v) is 9.37. The highest BCUT2D eigenvalue weighted by Crippen LogP contribution is 2.37. The van der Waals surface area contributed by atoms with Crippen LogP contribution in [0, 0.1) is 18.3 Å². The predicted octanol–water partition coefficient (Wildman–Crippen LogP) is 2.96. The molecule has 1 aliphatic carbocycles. The van der Waals surface area contributed by atoms with Crippen LogP contribution >= 0.6 is 11.3 Å². The molecule has 0 fully saturated rings. The van der Waals surface area contributed by atoms with Crippen molar-refractivity contribution in [2.45, 2.75) is 32.6 Å². The number of nitrogens with two attached hydrogens (primary N) is 1. The average Bonchev–Trinajstić information content (AvgIpc) is 3.01. The third-order valence-electron chi connectivity index (χ3n) is 4.31. The van der Waals surface area contributed by atoms with Gasteiger partial charge in [-0.05, 0) is 50.3 Å². The average molecular weight is 381 g/mol. The fourth-order valence-corrected chi connectivity index (χ4v) is 4.24. The molecule has 0 radical (unpaired) electrons. The number of thiophene rings is 1. The molecule has 1 heterocycles. The van der Waals surface area contributed by atoms with Crippen LogP contribution in [0.15, 0.2) is 29.4 Å². The fourth-order valence-electron chi connectivity index (χ4n) is 2.95. The Kier molecular flexibility index (Phi) is 5.52. The molecule has 0 bridgehead atoms. The van der Waals surface area contributed by atoms with E-state index in [1.807, 2.05) is 19.1 Å². The number of carbonyl (C=O) groups excluding carboxylic acids is 2. The number of benzene rings is 1. The van der Waals surface area contributed by atoms with Crippen LogP contribution in [0.25, 0.3) is 0 Å². The lowest BCUT2D eigenvalue weighted by Crippen LogP contribution is -2.24. The maximum atomic E-state index is 12.5. The molecule has 0 saturated carbocycles. The lowest BCUT2D eigenvalue weighted by Gasteiger charge is -2.11. The van der Waals surface area contributed by atoms with E-state index in [1.54, 1.807) is 18.2 Å². The van der Waals surface area contributed by atoms with E-state index in [0.717, 1.165) is 41.7 Å². The van der Waals surface area contributed by atoms with Crippen LogP contribution in [0.3, 0.4) is 0 Å². The monoisotopic (exact) mass is 381 g/mol. The molecule has 1 aromatic carbocycles. The summed E-state index contributed by atoms with van der Waals surface area (Å²) in [5.41, 5.74) is 10.9. The standard InChI is InChI=1S/C19H19N5O2S/c1-11-6-8-12(9-7-11)23-24-14(10-20)18(26)22-19-16(17(21)25)13-4-2-3-5-15(13)27-19/h6-9,23H,2-5H2,1H3,(H2,21,25)(H,22,26)/b24-14+. The van der Waals surface area contributed by atoms with Gasteiger partial charge in [-0.1, -0.05) is 17.7 Å². The first-order chi connectivity index (χ1) is 13.0. The number of hydrazone groups is 1. The largest absolute Gasteiger partial charge is 0.365 e. The van der Waals surface area contributed by atoms with Gasteiger partial charge in [-0.3, -0.25) is 15.0 Å². The molecule has 0 spiro atoms. The highest BCUT2D eigenvalue weighted by atomic mass is 32.1. The normalized spacial score (nSPS) is 13.4. The number of hydrogen-bond donors (Lipinski definition) is 3. The number of rotatable bonds is 5. The maximum Gasteiger partial charge on any atom is 0.287 e. The molecule has 0 aliphatic heterocycles. The third kappa shape index (κ3) is 4.15. The number of fused-ring (bicyclic) bond motifs is 1. The summed E-state index contributed by atoms with van der Waals surface area (Å²) in [7, 11) is 0. The number of primary amides is 1. The van der Waals surface area contributed by atoms with Crippen molar-refractivity contribution < 1.29 is 9.59 Å². The number of hydrogen-bond acceptors (Lipinski definition) is 6. The molecule has 0 atom stereocenters. The van der Waals surface area contributed by atoms with Crippen LogP contribution in [-0.2, 0) is 17.6 Å². The first-order valence-electron chi connectivity index (χ1n) is 8.55. The van der Waals surface area contributed by atoms with E-state index in [0.29, 0.717) is 16.3 Å². The van der Waals surface area contributed by atoms with Gasteiger partial charge in [0.05, 0.1) is 11.3 Å². The Hall–Kier alpha value is -3.18. The Bertz CT molecular complexity index is 954. The summed E-state index contributed by atoms with van der Waals surface area (Å²) in [5.74, 6) is -1.25. The van der Waals surface area contributed by atoms with Crippen LogP contribution in [0.4, 0.5) is 10.7 Å². The molecule has 138 valence electrons. The van der Waals surface area contributed by atoms with Crippen LogP contribution in [0.1, 0.15) is 39.2 Å². The number of nitriles is 1. The van der Waals surface area contributed by atoms with Crippen molar-refractivity contribution >= 4 is 39.6 Å². The van der Waals surface area contributed by atoms with E-state index in [2.05, 4.69) is 15.8 Å². The van der Waals surface area contributed by atoms with E-state index in [-0.39, 0.29) is 5.71 Å². The number of nitrogens with one attached hydrogen (secondary N) is 2. The zero-order valence-electron chi connectivity index (χ0n) is 14.8. The van der Waals surface area contributed by atoms with Crippen LogP contribution < -0.4 is 16.5 Å². The van der Waals surface area contributed by atoms with Crippen molar-refractivity contribution in [2.24, 2.45) is 10.8 Å². The zero-order chi connectivity index (χ0) is 19.4. The smallest absolute Gasteiger partial charge is 0.287 e. The summed E-state index contributed by atoms with van der Waals surface area (Å²) in [6, 6.07) is 9.15. The van der Waals surface area contributed by atoms with Gasteiger partial charge in [-0.25, -0.2) is 0 Å². The highest BCUT2D eigenvalue weighted by molar-refractivity contribution is 7.17. The number of anilines is 2. The Morgan fingerprint density at radius 1 is 1.22 bits per heavy atom. The molecule has 7 nitrogen and oxygen atoms in total. The van der Waals surface area contributed by atoms with Crippen molar-refractivity contribution in [3.05, 3.63) is 45.8 Å². The summed E-state index contributed by atoms with van der Waals surface area (Å²) in [6.07, 6.45) is 3.67. The van der Waals surface area contributed by atoms with Crippen LogP contribution in [0.2, 0.25) is 0 Å². The minimum absolute atomic E-state index is 0.336. The van der Waals surface area contributed by atoms with E-state index >= 15 is 0 Å². The molecular weight excluding hydrogens is 362 g/mol. The van der Waals surface area contributed by atoms with Crippen LogP contribution in [0.5, 0.6) is 0 Å². The molecule has 3 rings (SSSR count). The summed E-state index contributed by atoms with van der Waals surface area (Å²) in [4.78, 5) is 25.4. The number of carbonyl (C=O) groups is 2. The molecule has 0 unspecified atom stereocenters. The van der Waals surface area contributed by atoms with Gasteiger partial charge in [0.15, 0.2) is 0 Å². The molecule has 2 aromatic rings. The number of nitrogens with zero attached hydrogens (tertiary/aromatic N) is 2. The zero-order valence-corrected chi connectivity index (χ0v) is 15.7. The molecule has 1 aromatic heterocycles. The van der Waals surface area contributed by atoms with E-state index in [4.69, 9.17) is 5.73 Å². The lowest BCUT2D eigenvalue weighted by atomic mass is 9.95. The SMILES string of the molecule is Cc1ccc(N/N=C(\C#N)C(=O)Nc2sc3c(c2C(N)=O)CCCC3)cc1. The lowest BCUT2D eigenvalue weighted by molar-refractivity contribution is -0.110. The minimum atomic E-state index is -0.682. The van der Waals surface area contributed by atoms with Gasteiger partial charge in [-0.15, -0.1) is 11.3 Å². The summed E-state index contributed by atoms with van der Waals surface area (Å²) in [6.45, 7) is 1.96. The second-order valence-corrected chi connectivity index (χ2v) is 7.39. The molecular formula is C19H19N5O2S. The summed E-state index contributed by atoms with van der Waals surface area (Å²) >= 11 is 1.34. The second kappa shape index (κ2) is 8.01. The molecule has 1 aliphatic rings. The number of aryl methyl sites for hydroxylation is 2. The minimum Gasteiger partial charge on any atom is -0.365 e. The van der Waals surface area contributed by atoms with Gasteiger partial charge in [0.1, 0.15) is 11.1 Å². The number of amides is 2. The van der Waals surface area contributed by atoms with Gasteiger partial charge in [-0.2, -0.15) is 10.4 Å². The Labute approximate surface area is 160 Å². The quantitative estimate of drug-likeness (QED) is 0.544. The second-order valence-electron chi connectivity index (χ2n) is 6.28. The van der Waals surface area contributed by atoms with Gasteiger partial charge >= 0.3 is 0 Å². The summed E-state index contributed by atoms with van der Waals surface area (Å²) in [5, 5.41) is 16.2. The van der Waals surface area contributed by atoms with Gasteiger partial charge in [0.2, 0.25) is 5.71 Å². The van der Waals surface area contributed by atoms with Crippen molar-refractivity contribution in [3.8, 4) is 6.07 Å². The van der Waals surface area contributed by atoms with Crippen molar-refractivity contribution in [1.82, 2.24) is 0 Å². The predicted molar refractivity (Wildman–Crippen MR) is 106 cm³/mol. The van der Waals surface area contributed by atoms with Crippen LogP contribution in [-0.4, -0.2) is 17.5 Å². The molecule has 27 heavy (non-hydrogen) atoms. The van der Waals surface area contributed by atoms with Crippen molar-refractivity contribution in [3.63, 3.8) is 0 Å². The Morgan fingerprint density at radius 3 is 2.59 bits per heavy atom. The van der Waals surface area contributed by atoms with E-state index in [9.17, 15) is 14.9 Å². The highest BCUT2D eigenvalue weighted by Gasteiger charge is 2.26. The fraction of sp³-hybridized carbons (Fsp3) is 0.263. The van der Waals surface area contributed by atoms with Gasteiger partial charge in [0.25, 0.3) is 11.8 Å². The van der Waals surface area contributed by atoms with E-state index < -0.39 is 11.8 Å². The molecule has 0 saturated heterocycles. The van der Waals surface area contributed by atoms with Gasteiger partial charge in [0, 0.05) is 4.88 Å². The first kappa shape index (κ1) is 18.6. The third-order valence-corrected chi connectivity index (χ3v) is 5.52. The van der Waals surface area contributed by atoms with Crippen molar-refractivity contribution in [1.29, 1.82) is 5.26 Å². The van der Waals surface area contributed by atoms with E-state index in [1.165, 1.54) is 11.3 Å². The molecule has 8 heteroatoms. The van der Waals surface area contributed by atoms with Gasteiger partial charge < -0.3 is 11.1 Å². The Balaban J connectivity index is 1.80. The summed E-state index contributed by atoms with van der Waals surface area (Å²) < 4.78 is 0.